The molecule has 4 rings (SSSR count). The Morgan fingerprint density at radius 1 is 1.00 bits per heavy atom. The molecule has 0 aliphatic rings. The zero-order valence-corrected chi connectivity index (χ0v) is 14.1. The number of halogens is 1. The lowest BCUT2D eigenvalue weighted by Crippen LogP contribution is -2.08. The van der Waals surface area contributed by atoms with Crippen LogP contribution >= 0.6 is 11.3 Å². The Morgan fingerprint density at radius 2 is 1.73 bits per heavy atom. The second kappa shape index (κ2) is 6.57. The average Bonchev–Trinajstić information content (AvgIpc) is 3.02. The smallest absolute Gasteiger partial charge is 0.396 e. The van der Waals surface area contributed by atoms with Gasteiger partial charge in [0, 0.05) is 11.6 Å². The van der Waals surface area contributed by atoms with Crippen LogP contribution in [-0.4, -0.2) is 5.97 Å². The average molecular weight is 366 g/mol. The number of hydrogen-bond acceptors (Lipinski definition) is 5. The summed E-state index contributed by atoms with van der Waals surface area (Å²) in [6, 6.07) is 17.7. The van der Waals surface area contributed by atoms with Crippen LogP contribution in [0.2, 0.25) is 0 Å². The summed E-state index contributed by atoms with van der Waals surface area (Å²) in [5.74, 6) is -0.764. The first-order valence-corrected chi connectivity index (χ1v) is 8.53. The van der Waals surface area contributed by atoms with Crippen molar-refractivity contribution in [3.8, 4) is 16.9 Å². The summed E-state index contributed by atoms with van der Waals surface area (Å²) in [6.45, 7) is 0. The lowest BCUT2D eigenvalue weighted by molar-refractivity contribution is 0.0735. The number of benzene rings is 3. The van der Waals surface area contributed by atoms with Crippen LogP contribution in [0.4, 0.5) is 4.39 Å². The summed E-state index contributed by atoms with van der Waals surface area (Å²) in [5, 5.41) is 0. The summed E-state index contributed by atoms with van der Waals surface area (Å²) in [4.78, 5) is 23.5. The molecule has 0 atom stereocenters. The van der Waals surface area contributed by atoms with Gasteiger partial charge in [-0.2, -0.15) is 0 Å². The molecule has 0 N–H and O–H groups in total. The lowest BCUT2D eigenvalue weighted by atomic mass is 10.0. The van der Waals surface area contributed by atoms with E-state index in [9.17, 15) is 14.0 Å². The molecular weight excluding hydrogens is 355 g/mol. The van der Waals surface area contributed by atoms with Gasteiger partial charge in [0.15, 0.2) is 5.58 Å². The monoisotopic (exact) mass is 366 g/mol. The summed E-state index contributed by atoms with van der Waals surface area (Å²) < 4.78 is 24.3. The fraction of sp³-hybridized carbons (Fsp3) is 0. The zero-order chi connectivity index (χ0) is 18.1. The molecule has 0 aliphatic heterocycles. The molecule has 0 bridgehead atoms. The van der Waals surface area contributed by atoms with Crippen LogP contribution in [0.15, 0.2) is 75.9 Å². The molecule has 0 saturated heterocycles. The summed E-state index contributed by atoms with van der Waals surface area (Å²) in [6.07, 6.45) is 0. The van der Waals surface area contributed by atoms with Crippen LogP contribution in [-0.2, 0) is 0 Å². The first-order chi connectivity index (χ1) is 12.6. The molecule has 1 heterocycles. The van der Waals surface area contributed by atoms with Crippen molar-refractivity contribution in [2.45, 2.75) is 0 Å². The summed E-state index contributed by atoms with van der Waals surface area (Å²) in [5.41, 5.74) is 2.17. The van der Waals surface area contributed by atoms with Gasteiger partial charge in [-0.05, 0) is 35.9 Å². The Balaban J connectivity index is 1.77. The van der Waals surface area contributed by atoms with Crippen LogP contribution in [0.1, 0.15) is 10.4 Å². The van der Waals surface area contributed by atoms with Crippen LogP contribution in [0.3, 0.4) is 0 Å². The Morgan fingerprint density at radius 3 is 2.46 bits per heavy atom. The van der Waals surface area contributed by atoms with Crippen molar-refractivity contribution in [1.82, 2.24) is 0 Å². The molecule has 3 aromatic carbocycles. The normalized spacial score (nSPS) is 10.8. The van der Waals surface area contributed by atoms with Gasteiger partial charge in [-0.25, -0.2) is 14.0 Å². The molecule has 128 valence electrons. The fourth-order valence-electron chi connectivity index (χ4n) is 2.59. The minimum atomic E-state index is -0.612. The molecule has 1 aromatic heterocycles. The maximum Gasteiger partial charge on any atom is 0.396 e. The van der Waals surface area contributed by atoms with Gasteiger partial charge in [0.05, 0.1) is 10.3 Å². The number of hydrogen-bond donors (Lipinski definition) is 0. The van der Waals surface area contributed by atoms with E-state index in [-0.39, 0.29) is 11.3 Å². The van der Waals surface area contributed by atoms with Crippen molar-refractivity contribution in [3.05, 3.63) is 87.8 Å². The van der Waals surface area contributed by atoms with Crippen molar-refractivity contribution < 1.29 is 18.3 Å². The van der Waals surface area contributed by atoms with E-state index in [1.807, 2.05) is 30.3 Å². The predicted molar refractivity (Wildman–Crippen MR) is 97.2 cm³/mol. The van der Waals surface area contributed by atoms with Gasteiger partial charge in [-0.15, -0.1) is 0 Å². The Kier molecular flexibility index (Phi) is 4.10. The third kappa shape index (κ3) is 3.14. The third-order valence-corrected chi connectivity index (χ3v) is 4.56. The molecule has 0 fully saturated rings. The van der Waals surface area contributed by atoms with Crippen molar-refractivity contribution in [2.24, 2.45) is 0 Å². The van der Waals surface area contributed by atoms with E-state index >= 15 is 0 Å². The molecule has 0 spiro atoms. The fourth-order valence-corrected chi connectivity index (χ4v) is 3.32. The second-order valence-electron chi connectivity index (χ2n) is 5.51. The van der Waals surface area contributed by atoms with Crippen molar-refractivity contribution >= 4 is 27.6 Å². The van der Waals surface area contributed by atoms with Gasteiger partial charge >= 0.3 is 10.9 Å². The highest BCUT2D eigenvalue weighted by molar-refractivity contribution is 7.16. The Bertz CT molecular complexity index is 1140. The highest BCUT2D eigenvalue weighted by Crippen LogP contribution is 2.34. The van der Waals surface area contributed by atoms with Crippen molar-refractivity contribution in [1.29, 1.82) is 0 Å². The molecule has 0 saturated carbocycles. The molecule has 4 nitrogen and oxygen atoms in total. The standard InChI is InChI=1S/C20H11FO4S/c21-14-8-6-13(7-9-14)19(22)24-15-10-16(12-4-2-1-3-5-12)18-17(11-15)26-20(23)25-18/h1-11H. The summed E-state index contributed by atoms with van der Waals surface area (Å²) >= 11 is 0.937. The Hall–Kier alpha value is -3.25. The maximum atomic E-state index is 13.0. The van der Waals surface area contributed by atoms with Gasteiger partial charge in [0.2, 0.25) is 0 Å². The van der Waals surface area contributed by atoms with E-state index < -0.39 is 16.7 Å². The largest absolute Gasteiger partial charge is 0.423 e. The maximum absolute atomic E-state index is 13.0. The SMILES string of the molecule is O=C(Oc1cc(-c2ccccc2)c2oc(=O)sc2c1)c1ccc(F)cc1. The van der Waals surface area contributed by atoms with Crippen LogP contribution in [0.5, 0.6) is 5.75 Å². The van der Waals surface area contributed by atoms with Crippen LogP contribution in [0, 0.1) is 5.82 Å². The first kappa shape index (κ1) is 16.2. The van der Waals surface area contributed by atoms with E-state index in [0.29, 0.717) is 15.8 Å². The van der Waals surface area contributed by atoms with E-state index in [1.165, 1.54) is 24.3 Å². The second-order valence-corrected chi connectivity index (χ2v) is 6.49. The molecule has 0 unspecified atom stereocenters. The van der Waals surface area contributed by atoms with E-state index in [0.717, 1.165) is 16.9 Å². The van der Waals surface area contributed by atoms with Crippen LogP contribution in [0.25, 0.3) is 21.4 Å². The minimum absolute atomic E-state index is 0.230. The first-order valence-electron chi connectivity index (χ1n) is 7.71. The van der Waals surface area contributed by atoms with E-state index in [1.54, 1.807) is 12.1 Å². The molecular formula is C20H11FO4S. The topological polar surface area (TPSA) is 56.5 Å². The van der Waals surface area contributed by atoms with Crippen molar-refractivity contribution in [2.75, 3.05) is 0 Å². The Labute approximate surface area is 151 Å². The van der Waals surface area contributed by atoms with Gasteiger partial charge in [0.1, 0.15) is 11.6 Å². The summed E-state index contributed by atoms with van der Waals surface area (Å²) in [7, 11) is 0. The van der Waals surface area contributed by atoms with Gasteiger partial charge in [0.25, 0.3) is 0 Å². The number of fused-ring (bicyclic) bond motifs is 1. The molecule has 4 aromatic rings. The highest BCUT2D eigenvalue weighted by Gasteiger charge is 2.15. The predicted octanol–water partition coefficient (Wildman–Crippen LogP) is 4.88. The van der Waals surface area contributed by atoms with E-state index in [4.69, 9.17) is 9.15 Å². The number of rotatable bonds is 3. The number of ether oxygens (including phenoxy) is 1. The molecule has 6 heteroatoms. The molecule has 26 heavy (non-hydrogen) atoms. The van der Waals surface area contributed by atoms with Gasteiger partial charge < -0.3 is 9.15 Å². The lowest BCUT2D eigenvalue weighted by Gasteiger charge is -2.08. The molecule has 0 radical (unpaired) electrons. The van der Waals surface area contributed by atoms with Crippen LogP contribution < -0.4 is 9.68 Å². The number of carbonyl (C=O) groups excluding carboxylic acids is 1. The minimum Gasteiger partial charge on any atom is -0.423 e. The number of carbonyl (C=O) groups is 1. The van der Waals surface area contributed by atoms with Crippen molar-refractivity contribution in [3.63, 3.8) is 0 Å². The molecule has 0 amide bonds. The quantitative estimate of drug-likeness (QED) is 0.383. The number of esters is 1. The highest BCUT2D eigenvalue weighted by atomic mass is 32.1. The van der Waals surface area contributed by atoms with Gasteiger partial charge in [-0.1, -0.05) is 41.7 Å². The zero-order valence-electron chi connectivity index (χ0n) is 13.3. The van der Waals surface area contributed by atoms with E-state index in [2.05, 4.69) is 0 Å². The van der Waals surface area contributed by atoms with Gasteiger partial charge in [-0.3, -0.25) is 0 Å². The molecule has 0 aliphatic carbocycles. The third-order valence-electron chi connectivity index (χ3n) is 3.78.